The molecule has 2 fully saturated rings. The molecular weight excluding hydrogens is 376 g/mol. The summed E-state index contributed by atoms with van der Waals surface area (Å²) in [6.07, 6.45) is 6.59. The molecule has 2 aliphatic heterocycles. The van der Waals surface area contributed by atoms with E-state index in [0.717, 1.165) is 44.3 Å². The Labute approximate surface area is 171 Å². The third kappa shape index (κ3) is 3.84. The molecule has 4 rings (SSSR count). The lowest BCUT2D eigenvalue weighted by Crippen LogP contribution is -2.57. The summed E-state index contributed by atoms with van der Waals surface area (Å²) in [6, 6.07) is 11.4. The SMILES string of the molecule is Cl.O=C(c1ccccc1)C1CCN(C(=O)C2(n3cccn3)CCNCC2)CC1. The summed E-state index contributed by atoms with van der Waals surface area (Å²) in [5.41, 5.74) is 0.180. The molecule has 6 nitrogen and oxygen atoms in total. The Bertz CT molecular complexity index is 780. The number of amides is 1. The van der Waals surface area contributed by atoms with Crippen molar-refractivity contribution in [1.29, 1.82) is 0 Å². The van der Waals surface area contributed by atoms with E-state index in [9.17, 15) is 9.59 Å². The van der Waals surface area contributed by atoms with Gasteiger partial charge in [0.25, 0.3) is 5.91 Å². The average Bonchev–Trinajstić information content (AvgIpc) is 3.29. The van der Waals surface area contributed by atoms with Crippen LogP contribution in [0.2, 0.25) is 0 Å². The fraction of sp³-hybridized carbons (Fsp3) is 0.476. The van der Waals surface area contributed by atoms with Crippen molar-refractivity contribution >= 4 is 24.1 Å². The van der Waals surface area contributed by atoms with Gasteiger partial charge in [-0.15, -0.1) is 12.4 Å². The lowest BCUT2D eigenvalue weighted by Gasteiger charge is -2.42. The molecule has 3 heterocycles. The molecule has 0 aliphatic carbocycles. The van der Waals surface area contributed by atoms with Gasteiger partial charge in [-0.05, 0) is 44.8 Å². The van der Waals surface area contributed by atoms with E-state index in [4.69, 9.17) is 0 Å². The van der Waals surface area contributed by atoms with Crippen LogP contribution >= 0.6 is 12.4 Å². The topological polar surface area (TPSA) is 67.2 Å². The maximum absolute atomic E-state index is 13.5. The number of carbonyl (C=O) groups is 2. The molecule has 1 aromatic heterocycles. The molecule has 0 unspecified atom stereocenters. The van der Waals surface area contributed by atoms with Gasteiger partial charge in [-0.1, -0.05) is 30.3 Å². The monoisotopic (exact) mass is 402 g/mol. The highest BCUT2D eigenvalue weighted by molar-refractivity contribution is 5.98. The molecule has 1 N–H and O–H groups in total. The van der Waals surface area contributed by atoms with Gasteiger partial charge in [0.05, 0.1) is 0 Å². The van der Waals surface area contributed by atoms with Crippen molar-refractivity contribution in [2.24, 2.45) is 5.92 Å². The van der Waals surface area contributed by atoms with Gasteiger partial charge in [0.1, 0.15) is 5.54 Å². The first kappa shape index (κ1) is 20.6. The van der Waals surface area contributed by atoms with Crippen LogP contribution in [-0.4, -0.2) is 52.5 Å². The molecular formula is C21H27ClN4O2. The van der Waals surface area contributed by atoms with Crippen LogP contribution in [0.3, 0.4) is 0 Å². The lowest BCUT2D eigenvalue weighted by atomic mass is 9.84. The fourth-order valence-corrected chi connectivity index (χ4v) is 4.38. The molecule has 1 aromatic carbocycles. The largest absolute Gasteiger partial charge is 0.341 e. The number of Topliss-reactive ketones (excluding diaryl/α,β-unsaturated/α-hetero) is 1. The molecule has 1 amide bonds. The van der Waals surface area contributed by atoms with Crippen LogP contribution in [0.15, 0.2) is 48.8 Å². The van der Waals surface area contributed by atoms with Crippen LogP contribution < -0.4 is 5.32 Å². The molecule has 7 heteroatoms. The van der Waals surface area contributed by atoms with Gasteiger partial charge in [0.15, 0.2) is 5.78 Å². The number of likely N-dealkylation sites (tertiary alicyclic amines) is 1. The number of ketones is 1. The van der Waals surface area contributed by atoms with Crippen molar-refractivity contribution in [2.75, 3.05) is 26.2 Å². The summed E-state index contributed by atoms with van der Waals surface area (Å²) in [7, 11) is 0. The number of hydrogen-bond acceptors (Lipinski definition) is 4. The molecule has 150 valence electrons. The number of aromatic nitrogens is 2. The highest BCUT2D eigenvalue weighted by Gasteiger charge is 2.45. The van der Waals surface area contributed by atoms with Crippen LogP contribution in [-0.2, 0) is 10.3 Å². The van der Waals surface area contributed by atoms with E-state index in [1.54, 1.807) is 6.20 Å². The van der Waals surface area contributed by atoms with E-state index >= 15 is 0 Å². The van der Waals surface area contributed by atoms with Gasteiger partial charge in [-0.2, -0.15) is 5.10 Å². The smallest absolute Gasteiger partial charge is 0.250 e. The lowest BCUT2D eigenvalue weighted by molar-refractivity contribution is -0.144. The summed E-state index contributed by atoms with van der Waals surface area (Å²) in [6.45, 7) is 2.90. The second-order valence-corrected chi connectivity index (χ2v) is 7.53. The molecule has 0 spiro atoms. The summed E-state index contributed by atoms with van der Waals surface area (Å²) < 4.78 is 1.84. The quantitative estimate of drug-likeness (QED) is 0.798. The van der Waals surface area contributed by atoms with Crippen molar-refractivity contribution in [3.8, 4) is 0 Å². The van der Waals surface area contributed by atoms with E-state index in [-0.39, 0.29) is 30.0 Å². The zero-order valence-corrected chi connectivity index (χ0v) is 16.7. The number of halogens is 1. The Kier molecular flexibility index (Phi) is 6.52. The third-order valence-corrected chi connectivity index (χ3v) is 5.98. The van der Waals surface area contributed by atoms with Crippen LogP contribution in [0.1, 0.15) is 36.0 Å². The zero-order valence-electron chi connectivity index (χ0n) is 15.9. The molecule has 2 saturated heterocycles. The van der Waals surface area contributed by atoms with E-state index in [1.807, 2.05) is 52.2 Å². The normalized spacial score (nSPS) is 19.6. The van der Waals surface area contributed by atoms with E-state index < -0.39 is 5.54 Å². The third-order valence-electron chi connectivity index (χ3n) is 5.98. The maximum Gasteiger partial charge on any atom is 0.250 e. The van der Waals surface area contributed by atoms with Crippen molar-refractivity contribution in [1.82, 2.24) is 20.0 Å². The minimum atomic E-state index is -0.592. The number of benzene rings is 1. The second-order valence-electron chi connectivity index (χ2n) is 7.53. The Morgan fingerprint density at radius 2 is 1.71 bits per heavy atom. The summed E-state index contributed by atoms with van der Waals surface area (Å²) in [5.74, 6) is 0.356. The standard InChI is InChI=1S/C21H26N4O2.ClH/c26-19(17-5-2-1-3-6-17)18-7-15-24(16-8-18)20(27)21(9-12-22-13-10-21)25-14-4-11-23-25;/h1-6,11,14,18,22H,7-10,12-13,15-16H2;1H. The summed E-state index contributed by atoms with van der Waals surface area (Å²) in [5, 5.41) is 7.74. The summed E-state index contributed by atoms with van der Waals surface area (Å²) in [4.78, 5) is 28.1. The number of nitrogens with one attached hydrogen (secondary N) is 1. The first-order chi connectivity index (χ1) is 13.2. The van der Waals surface area contributed by atoms with E-state index in [1.165, 1.54) is 0 Å². The van der Waals surface area contributed by atoms with Gasteiger partial charge < -0.3 is 10.2 Å². The molecule has 0 saturated carbocycles. The molecule has 28 heavy (non-hydrogen) atoms. The van der Waals surface area contributed by atoms with Crippen molar-refractivity contribution in [2.45, 2.75) is 31.2 Å². The first-order valence-electron chi connectivity index (χ1n) is 9.80. The average molecular weight is 403 g/mol. The molecule has 0 radical (unpaired) electrons. The van der Waals surface area contributed by atoms with Crippen LogP contribution in [0.5, 0.6) is 0 Å². The number of rotatable bonds is 4. The minimum absolute atomic E-state index is 0. The summed E-state index contributed by atoms with van der Waals surface area (Å²) >= 11 is 0. The van der Waals surface area contributed by atoms with Gasteiger partial charge in [-0.25, -0.2) is 0 Å². The van der Waals surface area contributed by atoms with Crippen molar-refractivity contribution < 1.29 is 9.59 Å². The zero-order chi connectivity index (χ0) is 18.7. The number of carbonyl (C=O) groups excluding carboxylic acids is 2. The number of piperidine rings is 2. The maximum atomic E-state index is 13.5. The van der Waals surface area contributed by atoms with Crippen LogP contribution in [0.4, 0.5) is 0 Å². The Hall–Kier alpha value is -2.18. The number of hydrogen-bond donors (Lipinski definition) is 1. The number of nitrogens with zero attached hydrogens (tertiary/aromatic N) is 3. The van der Waals surface area contributed by atoms with Gasteiger partial charge in [-0.3, -0.25) is 14.3 Å². The van der Waals surface area contributed by atoms with Crippen molar-refractivity contribution in [3.63, 3.8) is 0 Å². The Morgan fingerprint density at radius 1 is 1.04 bits per heavy atom. The highest BCUT2D eigenvalue weighted by atomic mass is 35.5. The van der Waals surface area contributed by atoms with Gasteiger partial charge in [0, 0.05) is 37.0 Å². The van der Waals surface area contributed by atoms with Crippen molar-refractivity contribution in [3.05, 3.63) is 54.4 Å². The predicted octanol–water partition coefficient (Wildman–Crippen LogP) is 2.51. The highest BCUT2D eigenvalue weighted by Crippen LogP contribution is 2.32. The minimum Gasteiger partial charge on any atom is -0.341 e. The van der Waals surface area contributed by atoms with E-state index in [0.29, 0.717) is 13.1 Å². The molecule has 0 atom stereocenters. The van der Waals surface area contributed by atoms with Gasteiger partial charge in [0.2, 0.25) is 0 Å². The molecule has 2 aromatic rings. The Balaban J connectivity index is 0.00000225. The molecule has 0 bridgehead atoms. The van der Waals surface area contributed by atoms with Gasteiger partial charge >= 0.3 is 0 Å². The van der Waals surface area contributed by atoms with Crippen LogP contribution in [0, 0.1) is 5.92 Å². The Morgan fingerprint density at radius 3 is 2.32 bits per heavy atom. The molecule has 2 aliphatic rings. The predicted molar refractivity (Wildman–Crippen MR) is 110 cm³/mol. The van der Waals surface area contributed by atoms with Crippen LogP contribution in [0.25, 0.3) is 0 Å². The first-order valence-corrected chi connectivity index (χ1v) is 9.80. The second kappa shape index (κ2) is 8.88. The fourth-order valence-electron chi connectivity index (χ4n) is 4.38. The van der Waals surface area contributed by atoms with E-state index in [2.05, 4.69) is 10.4 Å².